The molecule has 0 aliphatic heterocycles. The van der Waals surface area contributed by atoms with E-state index in [0.29, 0.717) is 0 Å². The minimum Gasteiger partial charge on any atom is -0.305 e. The van der Waals surface area contributed by atoms with Crippen molar-refractivity contribution < 1.29 is 8.76 Å². The van der Waals surface area contributed by atoms with Gasteiger partial charge in [-0.1, -0.05) is 33.1 Å². The summed E-state index contributed by atoms with van der Waals surface area (Å²) in [6.45, 7) is 5.32. The maximum atomic E-state index is 10.2. The number of unbranched alkanes of at least 4 members (excludes halogenated alkanes) is 1. The predicted octanol–water partition coefficient (Wildman–Crippen LogP) is 1.97. The summed E-state index contributed by atoms with van der Waals surface area (Å²) in [6, 6.07) is 0. The Bertz CT molecular complexity index is 142. The summed E-state index contributed by atoms with van der Waals surface area (Å²) in [5, 5.41) is 2.93. The zero-order valence-corrected chi connectivity index (χ0v) is 9.40. The van der Waals surface area contributed by atoms with E-state index in [1.165, 1.54) is 19.3 Å². The van der Waals surface area contributed by atoms with Gasteiger partial charge in [0.1, 0.15) is 0 Å². The Morgan fingerprint density at radius 2 is 2.15 bits per heavy atom. The summed E-state index contributed by atoms with van der Waals surface area (Å²) in [5.41, 5.74) is 0. The van der Waals surface area contributed by atoms with Crippen LogP contribution in [0, 0.1) is 5.92 Å². The highest BCUT2D eigenvalue weighted by Gasteiger charge is 1.98. The molecule has 2 atom stereocenters. The van der Waals surface area contributed by atoms with Gasteiger partial charge in [-0.3, -0.25) is 0 Å². The minimum absolute atomic E-state index is 0.198. The monoisotopic (exact) mass is 207 g/mol. The average Bonchev–Trinajstić information content (AvgIpc) is 2.10. The van der Waals surface area contributed by atoms with Crippen LogP contribution in [0.25, 0.3) is 0 Å². The third-order valence-corrected chi connectivity index (χ3v) is 2.67. The van der Waals surface area contributed by atoms with E-state index in [2.05, 4.69) is 19.2 Å². The van der Waals surface area contributed by atoms with E-state index in [1.807, 2.05) is 0 Å². The molecule has 0 fully saturated rings. The molecule has 0 bridgehead atoms. The van der Waals surface area contributed by atoms with Gasteiger partial charge in [0, 0.05) is 0 Å². The molecular weight excluding hydrogens is 186 g/mol. The molecule has 0 spiro atoms. The topological polar surface area (TPSA) is 49.3 Å². The Hall–Kier alpha value is 0.0700. The largest absolute Gasteiger partial charge is 0.305 e. The van der Waals surface area contributed by atoms with E-state index in [0.717, 1.165) is 18.9 Å². The molecule has 80 valence electrons. The maximum Gasteiger partial charge on any atom is 0.167 e. The van der Waals surface area contributed by atoms with Crippen molar-refractivity contribution in [3.8, 4) is 0 Å². The lowest BCUT2D eigenvalue weighted by Gasteiger charge is -2.07. The lowest BCUT2D eigenvalue weighted by Crippen LogP contribution is -2.20. The van der Waals surface area contributed by atoms with Crippen LogP contribution in [-0.2, 0) is 11.1 Å². The van der Waals surface area contributed by atoms with E-state index in [1.54, 1.807) is 0 Å². The zero-order chi connectivity index (χ0) is 10.1. The first kappa shape index (κ1) is 13.1. The van der Waals surface area contributed by atoms with Gasteiger partial charge in [-0.05, 0) is 18.9 Å². The van der Waals surface area contributed by atoms with Crippen LogP contribution in [0.3, 0.4) is 0 Å². The molecule has 0 heterocycles. The molecule has 0 saturated heterocycles. The SMILES string of the molecule is CCC(C)CCCCNCS(=O)O. The summed E-state index contributed by atoms with van der Waals surface area (Å²) in [4.78, 5) is 0. The quantitative estimate of drug-likeness (QED) is 0.472. The average molecular weight is 207 g/mol. The Labute approximate surface area is 83.6 Å². The zero-order valence-electron chi connectivity index (χ0n) is 8.58. The molecule has 3 nitrogen and oxygen atoms in total. The third-order valence-electron chi connectivity index (χ3n) is 2.22. The van der Waals surface area contributed by atoms with Gasteiger partial charge in [-0.25, -0.2) is 4.21 Å². The van der Waals surface area contributed by atoms with Crippen LogP contribution in [0.15, 0.2) is 0 Å². The van der Waals surface area contributed by atoms with Crippen molar-refractivity contribution in [2.24, 2.45) is 5.92 Å². The molecule has 0 radical (unpaired) electrons. The van der Waals surface area contributed by atoms with Crippen molar-refractivity contribution in [3.05, 3.63) is 0 Å². The fraction of sp³-hybridized carbons (Fsp3) is 1.00. The predicted molar refractivity (Wildman–Crippen MR) is 56.9 cm³/mol. The Morgan fingerprint density at radius 3 is 2.69 bits per heavy atom. The highest BCUT2D eigenvalue weighted by Crippen LogP contribution is 2.10. The molecule has 0 aromatic carbocycles. The van der Waals surface area contributed by atoms with Gasteiger partial charge in [0.05, 0.1) is 5.88 Å². The first-order valence-corrected chi connectivity index (χ1v) is 6.22. The van der Waals surface area contributed by atoms with Crippen molar-refractivity contribution in [2.45, 2.75) is 39.5 Å². The van der Waals surface area contributed by atoms with Crippen LogP contribution >= 0.6 is 0 Å². The van der Waals surface area contributed by atoms with Gasteiger partial charge in [-0.15, -0.1) is 0 Å². The molecule has 4 heteroatoms. The molecule has 13 heavy (non-hydrogen) atoms. The molecule has 2 N–H and O–H groups in total. The van der Waals surface area contributed by atoms with Crippen LogP contribution in [0.4, 0.5) is 0 Å². The Morgan fingerprint density at radius 1 is 1.46 bits per heavy atom. The molecule has 0 rings (SSSR count). The number of hydrogen-bond acceptors (Lipinski definition) is 2. The Balaban J connectivity index is 3.04. The lowest BCUT2D eigenvalue weighted by atomic mass is 10.0. The smallest absolute Gasteiger partial charge is 0.167 e. The second-order valence-corrected chi connectivity index (χ2v) is 4.41. The van der Waals surface area contributed by atoms with Crippen LogP contribution in [0.2, 0.25) is 0 Å². The van der Waals surface area contributed by atoms with E-state index in [4.69, 9.17) is 4.55 Å². The summed E-state index contributed by atoms with van der Waals surface area (Å²) < 4.78 is 18.7. The van der Waals surface area contributed by atoms with Crippen LogP contribution in [0.5, 0.6) is 0 Å². The first-order valence-electron chi connectivity index (χ1n) is 4.95. The van der Waals surface area contributed by atoms with Crippen molar-refractivity contribution in [3.63, 3.8) is 0 Å². The maximum absolute atomic E-state index is 10.2. The van der Waals surface area contributed by atoms with Crippen LogP contribution in [-0.4, -0.2) is 21.2 Å². The van der Waals surface area contributed by atoms with Gasteiger partial charge in [0.2, 0.25) is 0 Å². The molecule has 0 aromatic rings. The van der Waals surface area contributed by atoms with E-state index >= 15 is 0 Å². The fourth-order valence-electron chi connectivity index (χ4n) is 1.11. The highest BCUT2D eigenvalue weighted by atomic mass is 32.2. The normalized spacial score (nSPS) is 15.6. The molecule has 0 aliphatic rings. The number of nitrogens with one attached hydrogen (secondary N) is 1. The van der Waals surface area contributed by atoms with E-state index in [-0.39, 0.29) is 5.88 Å². The third kappa shape index (κ3) is 9.99. The molecule has 0 aromatic heterocycles. The standard InChI is InChI=1S/C9H21NO2S/c1-3-9(2)6-4-5-7-10-8-13(11)12/h9-10H,3-8H2,1-2H3,(H,11,12). The van der Waals surface area contributed by atoms with Crippen LogP contribution < -0.4 is 5.32 Å². The Kier molecular flexibility index (Phi) is 8.71. The molecule has 0 saturated carbocycles. The van der Waals surface area contributed by atoms with Gasteiger partial charge in [-0.2, -0.15) is 0 Å². The van der Waals surface area contributed by atoms with Crippen molar-refractivity contribution in [1.29, 1.82) is 0 Å². The second-order valence-electron chi connectivity index (χ2n) is 3.48. The van der Waals surface area contributed by atoms with Crippen LogP contribution in [0.1, 0.15) is 39.5 Å². The van der Waals surface area contributed by atoms with E-state index < -0.39 is 11.1 Å². The lowest BCUT2D eigenvalue weighted by molar-refractivity contribution is 0.478. The summed E-state index contributed by atoms with van der Waals surface area (Å²) in [6.07, 6.45) is 4.82. The minimum atomic E-state index is -1.69. The summed E-state index contributed by atoms with van der Waals surface area (Å²) in [7, 11) is 0. The van der Waals surface area contributed by atoms with Crippen molar-refractivity contribution in [2.75, 3.05) is 12.4 Å². The molecular formula is C9H21NO2S. The van der Waals surface area contributed by atoms with Crippen molar-refractivity contribution in [1.82, 2.24) is 5.32 Å². The fourth-order valence-corrected chi connectivity index (χ4v) is 1.43. The summed E-state index contributed by atoms with van der Waals surface area (Å²) in [5.74, 6) is 1.01. The number of rotatable bonds is 8. The molecule has 0 amide bonds. The number of hydrogen-bond donors (Lipinski definition) is 2. The van der Waals surface area contributed by atoms with Gasteiger partial charge >= 0.3 is 0 Å². The van der Waals surface area contributed by atoms with Gasteiger partial charge in [0.15, 0.2) is 11.1 Å². The van der Waals surface area contributed by atoms with Gasteiger partial charge in [0.25, 0.3) is 0 Å². The van der Waals surface area contributed by atoms with Crippen molar-refractivity contribution >= 4 is 11.1 Å². The van der Waals surface area contributed by atoms with Gasteiger partial charge < -0.3 is 9.87 Å². The first-order chi connectivity index (χ1) is 6.16. The molecule has 0 aliphatic carbocycles. The second kappa shape index (κ2) is 8.66. The van der Waals surface area contributed by atoms with E-state index in [9.17, 15) is 4.21 Å². The summed E-state index contributed by atoms with van der Waals surface area (Å²) >= 11 is -1.69. The highest BCUT2D eigenvalue weighted by molar-refractivity contribution is 7.79. The molecule has 2 unspecified atom stereocenters.